The summed E-state index contributed by atoms with van der Waals surface area (Å²) in [6.07, 6.45) is 4.56. The molecule has 4 aromatic rings. The van der Waals surface area contributed by atoms with Crippen LogP contribution in [0.4, 0.5) is 16.5 Å². The van der Waals surface area contributed by atoms with Gasteiger partial charge in [0, 0.05) is 46.8 Å². The van der Waals surface area contributed by atoms with Crippen molar-refractivity contribution >= 4 is 33.8 Å². The zero-order valence-electron chi connectivity index (χ0n) is 17.7. The highest BCUT2D eigenvalue weighted by Crippen LogP contribution is 2.29. The first-order valence-electron chi connectivity index (χ1n) is 10.5. The zero-order chi connectivity index (χ0) is 21.9. The number of hydrogen-bond acceptors (Lipinski definition) is 6. The number of pyridine rings is 1. The molecule has 7 heteroatoms. The third-order valence-electron chi connectivity index (χ3n) is 5.55. The van der Waals surface area contributed by atoms with Gasteiger partial charge in [0.25, 0.3) is 5.91 Å². The Labute approximate surface area is 190 Å². The van der Waals surface area contributed by atoms with Crippen LogP contribution in [0.1, 0.15) is 27.0 Å². The molecular weight excluding hydrogens is 418 g/mol. The Morgan fingerprint density at radius 2 is 2.06 bits per heavy atom. The van der Waals surface area contributed by atoms with Gasteiger partial charge in [-0.05, 0) is 73.0 Å². The summed E-state index contributed by atoms with van der Waals surface area (Å²) < 4.78 is 0. The van der Waals surface area contributed by atoms with Crippen LogP contribution < -0.4 is 16.0 Å². The number of amides is 1. The van der Waals surface area contributed by atoms with Crippen molar-refractivity contribution in [1.29, 1.82) is 0 Å². The summed E-state index contributed by atoms with van der Waals surface area (Å²) in [5, 5.41) is 12.6. The lowest BCUT2D eigenvalue weighted by Gasteiger charge is -2.18. The first-order valence-corrected chi connectivity index (χ1v) is 11.4. The topological polar surface area (TPSA) is 78.9 Å². The molecular formula is C25H23N5OS. The number of aryl methyl sites for hydroxylation is 1. The number of anilines is 3. The fourth-order valence-electron chi connectivity index (χ4n) is 3.75. The molecule has 0 unspecified atom stereocenters. The lowest BCUT2D eigenvalue weighted by molar-refractivity contribution is 0.102. The Kier molecular flexibility index (Phi) is 5.66. The van der Waals surface area contributed by atoms with Crippen LogP contribution in [0.2, 0.25) is 0 Å². The molecule has 6 nitrogen and oxygen atoms in total. The molecule has 160 valence electrons. The number of benzene rings is 2. The number of rotatable bonds is 5. The minimum absolute atomic E-state index is 0.110. The van der Waals surface area contributed by atoms with Crippen molar-refractivity contribution in [2.45, 2.75) is 19.9 Å². The predicted octanol–water partition coefficient (Wildman–Crippen LogP) is 5.16. The number of nitrogens with zero attached hydrogens (tertiary/aromatic N) is 2. The Morgan fingerprint density at radius 3 is 2.94 bits per heavy atom. The molecule has 3 heterocycles. The predicted molar refractivity (Wildman–Crippen MR) is 130 cm³/mol. The first kappa shape index (κ1) is 20.4. The molecule has 0 saturated heterocycles. The minimum Gasteiger partial charge on any atom is -0.331 e. The van der Waals surface area contributed by atoms with E-state index in [1.165, 1.54) is 22.5 Å². The molecule has 5 rings (SSSR count). The van der Waals surface area contributed by atoms with E-state index in [4.69, 9.17) is 0 Å². The number of carbonyl (C=O) groups excluding carboxylic acids is 1. The van der Waals surface area contributed by atoms with Gasteiger partial charge in [-0.2, -0.15) is 0 Å². The Balaban J connectivity index is 1.32. The van der Waals surface area contributed by atoms with E-state index in [9.17, 15) is 4.79 Å². The van der Waals surface area contributed by atoms with Gasteiger partial charge in [-0.3, -0.25) is 9.78 Å². The van der Waals surface area contributed by atoms with Crippen molar-refractivity contribution in [3.63, 3.8) is 0 Å². The van der Waals surface area contributed by atoms with Crippen molar-refractivity contribution in [3.8, 4) is 11.3 Å². The van der Waals surface area contributed by atoms with Gasteiger partial charge in [0.05, 0.1) is 5.69 Å². The number of thiazole rings is 1. The van der Waals surface area contributed by atoms with E-state index in [-0.39, 0.29) is 5.91 Å². The van der Waals surface area contributed by atoms with Crippen molar-refractivity contribution in [3.05, 3.63) is 88.6 Å². The van der Waals surface area contributed by atoms with Gasteiger partial charge < -0.3 is 16.0 Å². The second-order valence-electron chi connectivity index (χ2n) is 7.80. The van der Waals surface area contributed by atoms with Gasteiger partial charge in [-0.1, -0.05) is 12.1 Å². The van der Waals surface area contributed by atoms with E-state index >= 15 is 0 Å². The lowest BCUT2D eigenvalue weighted by atomic mass is 9.98. The van der Waals surface area contributed by atoms with Crippen LogP contribution in [0.15, 0.2) is 66.3 Å². The van der Waals surface area contributed by atoms with E-state index in [0.717, 1.165) is 52.8 Å². The van der Waals surface area contributed by atoms with Gasteiger partial charge in [-0.25, -0.2) is 4.98 Å². The van der Waals surface area contributed by atoms with Gasteiger partial charge in [-0.15, -0.1) is 11.3 Å². The summed E-state index contributed by atoms with van der Waals surface area (Å²) in [4.78, 5) is 21.7. The summed E-state index contributed by atoms with van der Waals surface area (Å²) >= 11 is 1.53. The van der Waals surface area contributed by atoms with Crippen LogP contribution >= 0.6 is 11.3 Å². The summed E-state index contributed by atoms with van der Waals surface area (Å²) in [6.45, 7) is 3.82. The molecule has 0 saturated carbocycles. The maximum absolute atomic E-state index is 12.8. The molecule has 0 fully saturated rings. The Morgan fingerprint density at radius 1 is 1.12 bits per heavy atom. The summed E-state index contributed by atoms with van der Waals surface area (Å²) in [6, 6.07) is 15.7. The van der Waals surface area contributed by atoms with E-state index in [1.807, 2.05) is 54.8 Å². The van der Waals surface area contributed by atoms with Crippen LogP contribution in [0.3, 0.4) is 0 Å². The summed E-state index contributed by atoms with van der Waals surface area (Å²) in [5.74, 6) is -0.110. The SMILES string of the molecule is Cc1ccc(NC(=O)c2ccc3c(c2)CNCC3)cc1Nc1nc(-c2cccnc2)cs1. The summed E-state index contributed by atoms with van der Waals surface area (Å²) in [7, 11) is 0. The fourth-order valence-corrected chi connectivity index (χ4v) is 4.48. The first-order chi connectivity index (χ1) is 15.7. The molecule has 3 N–H and O–H groups in total. The number of fused-ring (bicyclic) bond motifs is 1. The van der Waals surface area contributed by atoms with E-state index in [2.05, 4.69) is 32.0 Å². The number of nitrogens with one attached hydrogen (secondary N) is 3. The highest BCUT2D eigenvalue weighted by molar-refractivity contribution is 7.14. The van der Waals surface area contributed by atoms with E-state index in [1.54, 1.807) is 12.4 Å². The molecule has 0 aliphatic carbocycles. The molecule has 2 aromatic carbocycles. The number of hydrogen-bond donors (Lipinski definition) is 3. The molecule has 32 heavy (non-hydrogen) atoms. The monoisotopic (exact) mass is 441 g/mol. The maximum Gasteiger partial charge on any atom is 0.255 e. The highest BCUT2D eigenvalue weighted by Gasteiger charge is 2.13. The van der Waals surface area contributed by atoms with Gasteiger partial charge in [0.2, 0.25) is 0 Å². The minimum atomic E-state index is -0.110. The van der Waals surface area contributed by atoms with Crippen molar-refractivity contribution in [2.75, 3.05) is 17.2 Å². The molecule has 0 radical (unpaired) electrons. The standard InChI is InChI=1S/C25H23N5OS/c1-16-4-7-21(28-24(31)18-6-5-17-8-10-27-14-20(17)11-18)12-22(16)29-25-30-23(15-32-25)19-3-2-9-26-13-19/h2-7,9,11-13,15,27H,8,10,14H2,1H3,(H,28,31)(H,29,30). The highest BCUT2D eigenvalue weighted by atomic mass is 32.1. The van der Waals surface area contributed by atoms with E-state index in [0.29, 0.717) is 5.56 Å². The second kappa shape index (κ2) is 8.90. The zero-order valence-corrected chi connectivity index (χ0v) is 18.5. The quantitative estimate of drug-likeness (QED) is 0.399. The van der Waals surface area contributed by atoms with E-state index < -0.39 is 0 Å². The molecule has 0 spiro atoms. The average Bonchev–Trinajstić information content (AvgIpc) is 3.30. The second-order valence-corrected chi connectivity index (χ2v) is 8.66. The van der Waals surface area contributed by atoms with Crippen LogP contribution in [0.5, 0.6) is 0 Å². The molecule has 0 atom stereocenters. The average molecular weight is 442 g/mol. The van der Waals surface area contributed by atoms with Crippen LogP contribution in [0.25, 0.3) is 11.3 Å². The number of aromatic nitrogens is 2. The van der Waals surface area contributed by atoms with Gasteiger partial charge >= 0.3 is 0 Å². The number of carbonyl (C=O) groups is 1. The largest absolute Gasteiger partial charge is 0.331 e. The molecule has 1 aliphatic rings. The van der Waals surface area contributed by atoms with Crippen LogP contribution in [0, 0.1) is 6.92 Å². The van der Waals surface area contributed by atoms with Crippen LogP contribution in [-0.2, 0) is 13.0 Å². The molecule has 1 aliphatic heterocycles. The smallest absolute Gasteiger partial charge is 0.255 e. The molecule has 2 aromatic heterocycles. The summed E-state index contributed by atoms with van der Waals surface area (Å²) in [5.41, 5.74) is 7.76. The lowest BCUT2D eigenvalue weighted by Crippen LogP contribution is -2.24. The third-order valence-corrected chi connectivity index (χ3v) is 6.31. The van der Waals surface area contributed by atoms with Crippen LogP contribution in [-0.4, -0.2) is 22.4 Å². The van der Waals surface area contributed by atoms with Crippen molar-refractivity contribution in [2.24, 2.45) is 0 Å². The van der Waals surface area contributed by atoms with Gasteiger partial charge in [0.1, 0.15) is 0 Å². The van der Waals surface area contributed by atoms with Crippen molar-refractivity contribution in [1.82, 2.24) is 15.3 Å². The maximum atomic E-state index is 12.8. The third kappa shape index (κ3) is 4.39. The molecule has 0 bridgehead atoms. The molecule has 1 amide bonds. The van der Waals surface area contributed by atoms with Gasteiger partial charge in [0.15, 0.2) is 5.13 Å². The Bertz CT molecular complexity index is 1270. The fraction of sp³-hybridized carbons (Fsp3) is 0.160. The Hall–Kier alpha value is -3.55. The van der Waals surface area contributed by atoms with Crippen molar-refractivity contribution < 1.29 is 4.79 Å². The normalized spacial score (nSPS) is 12.8.